The van der Waals surface area contributed by atoms with Crippen LogP contribution in [0.1, 0.15) is 29.7 Å². The number of hydrogen-bond acceptors (Lipinski definition) is 2. The molecule has 0 aromatic heterocycles. The van der Waals surface area contributed by atoms with E-state index in [2.05, 4.69) is 35.0 Å². The molecule has 2 aromatic carbocycles. The molecule has 19 heavy (non-hydrogen) atoms. The van der Waals surface area contributed by atoms with Crippen LogP contribution in [0.3, 0.4) is 0 Å². The first-order valence-electron chi connectivity index (χ1n) is 6.26. The second-order valence-corrected chi connectivity index (χ2v) is 5.24. The Kier molecular flexibility index (Phi) is 4.61. The summed E-state index contributed by atoms with van der Waals surface area (Å²) < 4.78 is 6.00. The van der Waals surface area contributed by atoms with E-state index in [-0.39, 0.29) is 0 Å². The zero-order valence-corrected chi connectivity index (χ0v) is 12.6. The van der Waals surface area contributed by atoms with E-state index in [9.17, 15) is 5.11 Å². The van der Waals surface area contributed by atoms with Crippen LogP contribution in [0.4, 0.5) is 0 Å². The molecule has 0 heterocycles. The SMILES string of the molecule is CCc1ccc(C(O)c2ccc(OC)cc2Br)cc1. The minimum atomic E-state index is -0.633. The van der Waals surface area contributed by atoms with Gasteiger partial charge in [0, 0.05) is 4.47 Å². The second-order valence-electron chi connectivity index (χ2n) is 4.39. The van der Waals surface area contributed by atoms with Gasteiger partial charge in [0.15, 0.2) is 0 Å². The van der Waals surface area contributed by atoms with Crippen molar-refractivity contribution < 1.29 is 9.84 Å². The minimum Gasteiger partial charge on any atom is -0.497 e. The highest BCUT2D eigenvalue weighted by atomic mass is 79.9. The van der Waals surface area contributed by atoms with Crippen molar-refractivity contribution in [3.63, 3.8) is 0 Å². The average molecular weight is 321 g/mol. The Morgan fingerprint density at radius 1 is 1.16 bits per heavy atom. The van der Waals surface area contributed by atoms with Crippen LogP contribution in [0.2, 0.25) is 0 Å². The van der Waals surface area contributed by atoms with Gasteiger partial charge in [0.2, 0.25) is 0 Å². The highest BCUT2D eigenvalue weighted by Gasteiger charge is 2.14. The van der Waals surface area contributed by atoms with Crippen LogP contribution in [0.5, 0.6) is 5.75 Å². The fraction of sp³-hybridized carbons (Fsp3) is 0.250. The summed E-state index contributed by atoms with van der Waals surface area (Å²) in [5, 5.41) is 10.4. The molecule has 3 heteroatoms. The molecule has 0 radical (unpaired) electrons. The lowest BCUT2D eigenvalue weighted by Crippen LogP contribution is -2.01. The van der Waals surface area contributed by atoms with Crippen molar-refractivity contribution >= 4 is 15.9 Å². The Morgan fingerprint density at radius 3 is 2.37 bits per heavy atom. The lowest BCUT2D eigenvalue weighted by Gasteiger charge is -2.14. The summed E-state index contributed by atoms with van der Waals surface area (Å²) in [6, 6.07) is 13.6. The molecule has 0 saturated heterocycles. The van der Waals surface area contributed by atoms with E-state index < -0.39 is 6.10 Å². The van der Waals surface area contributed by atoms with Gasteiger partial charge in [-0.3, -0.25) is 0 Å². The summed E-state index contributed by atoms with van der Waals surface area (Å²) in [4.78, 5) is 0. The Morgan fingerprint density at radius 2 is 1.84 bits per heavy atom. The molecule has 1 unspecified atom stereocenters. The van der Waals surface area contributed by atoms with Crippen molar-refractivity contribution in [2.45, 2.75) is 19.4 Å². The molecule has 2 aromatic rings. The molecule has 0 aliphatic heterocycles. The van der Waals surface area contributed by atoms with Crippen molar-refractivity contribution in [2.24, 2.45) is 0 Å². The lowest BCUT2D eigenvalue weighted by molar-refractivity contribution is 0.219. The van der Waals surface area contributed by atoms with E-state index in [1.165, 1.54) is 5.56 Å². The highest BCUT2D eigenvalue weighted by Crippen LogP contribution is 2.31. The minimum absolute atomic E-state index is 0.633. The molecular weight excluding hydrogens is 304 g/mol. The standard InChI is InChI=1S/C16H17BrO2/c1-3-11-4-6-12(7-5-11)16(18)14-9-8-13(19-2)10-15(14)17/h4-10,16,18H,3H2,1-2H3. The van der Waals surface area contributed by atoms with Gasteiger partial charge in [0.25, 0.3) is 0 Å². The third-order valence-electron chi connectivity index (χ3n) is 3.21. The van der Waals surface area contributed by atoms with E-state index in [0.717, 1.165) is 27.8 Å². The van der Waals surface area contributed by atoms with Crippen LogP contribution < -0.4 is 4.74 Å². The first kappa shape index (κ1) is 14.1. The van der Waals surface area contributed by atoms with Crippen LogP contribution in [-0.4, -0.2) is 12.2 Å². The maximum Gasteiger partial charge on any atom is 0.120 e. The van der Waals surface area contributed by atoms with Crippen molar-refractivity contribution in [2.75, 3.05) is 7.11 Å². The van der Waals surface area contributed by atoms with Crippen molar-refractivity contribution in [3.8, 4) is 5.75 Å². The molecule has 1 atom stereocenters. The number of halogens is 1. The summed E-state index contributed by atoms with van der Waals surface area (Å²) in [6.45, 7) is 2.12. The number of aliphatic hydroxyl groups excluding tert-OH is 1. The Bertz CT molecular complexity index is 549. The van der Waals surface area contributed by atoms with Crippen molar-refractivity contribution in [1.82, 2.24) is 0 Å². The number of ether oxygens (including phenoxy) is 1. The van der Waals surface area contributed by atoms with Gasteiger partial charge < -0.3 is 9.84 Å². The topological polar surface area (TPSA) is 29.5 Å². The Hall–Kier alpha value is -1.32. The number of aryl methyl sites for hydroxylation is 1. The maximum atomic E-state index is 10.4. The van der Waals surface area contributed by atoms with Gasteiger partial charge in [0.05, 0.1) is 7.11 Å². The second kappa shape index (κ2) is 6.22. The molecule has 1 N–H and O–H groups in total. The van der Waals surface area contributed by atoms with Crippen LogP contribution in [0.15, 0.2) is 46.9 Å². The van der Waals surface area contributed by atoms with E-state index in [1.54, 1.807) is 7.11 Å². The molecule has 0 aliphatic rings. The Balaban J connectivity index is 2.29. The van der Waals surface area contributed by atoms with Gasteiger partial charge in [-0.1, -0.05) is 53.2 Å². The quantitative estimate of drug-likeness (QED) is 0.918. The van der Waals surface area contributed by atoms with Gasteiger partial charge >= 0.3 is 0 Å². The molecule has 100 valence electrons. The summed E-state index contributed by atoms with van der Waals surface area (Å²) in [5.74, 6) is 0.768. The van der Waals surface area contributed by atoms with Gasteiger partial charge in [0.1, 0.15) is 11.9 Å². The molecule has 0 spiro atoms. The lowest BCUT2D eigenvalue weighted by atomic mass is 10.00. The van der Waals surface area contributed by atoms with Gasteiger partial charge in [-0.15, -0.1) is 0 Å². The summed E-state index contributed by atoms with van der Waals surface area (Å²) >= 11 is 3.47. The van der Waals surface area contributed by atoms with E-state index in [1.807, 2.05) is 30.3 Å². The molecule has 0 fully saturated rings. The van der Waals surface area contributed by atoms with Crippen LogP contribution in [0, 0.1) is 0 Å². The zero-order valence-electron chi connectivity index (χ0n) is 11.1. The maximum absolute atomic E-state index is 10.4. The first-order chi connectivity index (χ1) is 9.15. The molecule has 2 nitrogen and oxygen atoms in total. The monoisotopic (exact) mass is 320 g/mol. The van der Waals surface area contributed by atoms with E-state index in [4.69, 9.17) is 4.74 Å². The third kappa shape index (κ3) is 3.17. The predicted molar refractivity (Wildman–Crippen MR) is 80.6 cm³/mol. The normalized spacial score (nSPS) is 12.2. The van der Waals surface area contributed by atoms with E-state index >= 15 is 0 Å². The van der Waals surface area contributed by atoms with Crippen molar-refractivity contribution in [3.05, 3.63) is 63.6 Å². The number of rotatable bonds is 4. The smallest absolute Gasteiger partial charge is 0.120 e. The third-order valence-corrected chi connectivity index (χ3v) is 3.89. The van der Waals surface area contributed by atoms with Gasteiger partial charge in [-0.2, -0.15) is 0 Å². The van der Waals surface area contributed by atoms with Crippen LogP contribution in [-0.2, 0) is 6.42 Å². The fourth-order valence-corrected chi connectivity index (χ4v) is 2.55. The molecule has 0 saturated carbocycles. The van der Waals surface area contributed by atoms with Crippen molar-refractivity contribution in [1.29, 1.82) is 0 Å². The average Bonchev–Trinajstić information content (AvgIpc) is 2.46. The summed E-state index contributed by atoms with van der Waals surface area (Å²) in [6.07, 6.45) is 0.369. The Labute approximate surface area is 122 Å². The number of hydrogen-bond donors (Lipinski definition) is 1. The summed E-state index contributed by atoms with van der Waals surface area (Å²) in [5.41, 5.74) is 3.00. The largest absolute Gasteiger partial charge is 0.497 e. The number of aliphatic hydroxyl groups is 1. The number of methoxy groups -OCH3 is 1. The number of benzene rings is 2. The molecule has 2 rings (SSSR count). The van der Waals surface area contributed by atoms with Gasteiger partial charge in [-0.05, 0) is 35.2 Å². The molecule has 0 aliphatic carbocycles. The molecular formula is C16H17BrO2. The molecule has 0 bridgehead atoms. The highest BCUT2D eigenvalue weighted by molar-refractivity contribution is 9.10. The first-order valence-corrected chi connectivity index (χ1v) is 7.05. The van der Waals surface area contributed by atoms with Crippen LogP contribution in [0.25, 0.3) is 0 Å². The van der Waals surface area contributed by atoms with Crippen LogP contribution >= 0.6 is 15.9 Å². The zero-order chi connectivity index (χ0) is 13.8. The fourth-order valence-electron chi connectivity index (χ4n) is 1.97. The van der Waals surface area contributed by atoms with E-state index in [0.29, 0.717) is 0 Å². The molecule has 0 amide bonds. The summed E-state index contributed by atoms with van der Waals surface area (Å²) in [7, 11) is 1.63. The predicted octanol–water partition coefficient (Wildman–Crippen LogP) is 4.10. The van der Waals surface area contributed by atoms with Gasteiger partial charge in [-0.25, -0.2) is 0 Å².